The lowest BCUT2D eigenvalue weighted by atomic mass is 10.2. The van der Waals surface area contributed by atoms with Crippen LogP contribution in [0.2, 0.25) is 0 Å². The molecule has 0 unspecified atom stereocenters. The summed E-state index contributed by atoms with van der Waals surface area (Å²) < 4.78 is 2.35. The molecular weight excluding hydrogens is 210 g/mol. The number of aromatic nitrogens is 5. The van der Waals surface area contributed by atoms with Gasteiger partial charge in [0.25, 0.3) is 0 Å². The molecule has 2 aromatic heterocycles. The van der Waals surface area contributed by atoms with E-state index < -0.39 is 0 Å². The molecule has 0 atom stereocenters. The second kappa shape index (κ2) is 4.48. The fourth-order valence-corrected chi connectivity index (χ4v) is 1.67. The van der Waals surface area contributed by atoms with Crippen LogP contribution < -0.4 is 0 Å². The van der Waals surface area contributed by atoms with Crippen LogP contribution in [-0.2, 0) is 6.54 Å². The van der Waals surface area contributed by atoms with Crippen molar-refractivity contribution in [1.29, 1.82) is 0 Å². The first-order valence-electron chi connectivity index (χ1n) is 5.10. The first-order valence-corrected chi connectivity index (χ1v) is 5.50. The van der Waals surface area contributed by atoms with Crippen molar-refractivity contribution in [2.24, 2.45) is 0 Å². The van der Waals surface area contributed by atoms with Gasteiger partial charge in [-0.15, -0.1) is 5.10 Å². The Morgan fingerprint density at radius 3 is 3.13 bits per heavy atom. The van der Waals surface area contributed by atoms with Gasteiger partial charge in [0.1, 0.15) is 0 Å². The van der Waals surface area contributed by atoms with E-state index in [0.717, 1.165) is 18.6 Å². The Bertz CT molecular complexity index is 500. The molecule has 0 fully saturated rings. The number of hydrogen-bond donors (Lipinski definition) is 1. The Morgan fingerprint density at radius 1 is 1.47 bits per heavy atom. The number of rotatable bonds is 4. The molecule has 15 heavy (non-hydrogen) atoms. The third kappa shape index (κ3) is 2.04. The van der Waals surface area contributed by atoms with Crippen molar-refractivity contribution in [2.45, 2.75) is 32.7 Å². The Hall–Kier alpha value is -1.30. The van der Waals surface area contributed by atoms with E-state index in [0.29, 0.717) is 10.2 Å². The molecule has 2 aromatic rings. The van der Waals surface area contributed by atoms with E-state index in [4.69, 9.17) is 12.2 Å². The number of unbranched alkanes of at least 4 members (excludes halogenated alkanes) is 2. The monoisotopic (exact) mass is 223 g/mol. The predicted octanol–water partition coefficient (Wildman–Crippen LogP) is 2.07. The van der Waals surface area contributed by atoms with Gasteiger partial charge in [-0.05, 0) is 6.42 Å². The molecule has 2 rings (SSSR count). The average molecular weight is 223 g/mol. The molecule has 0 aliphatic carbocycles. The van der Waals surface area contributed by atoms with Gasteiger partial charge in [0, 0.05) is 6.54 Å². The molecule has 0 amide bonds. The van der Waals surface area contributed by atoms with E-state index in [-0.39, 0.29) is 0 Å². The minimum absolute atomic E-state index is 0.505. The maximum absolute atomic E-state index is 5.06. The molecule has 0 aromatic carbocycles. The summed E-state index contributed by atoms with van der Waals surface area (Å²) in [5.74, 6) is 0. The summed E-state index contributed by atoms with van der Waals surface area (Å²) >= 11 is 5.06. The van der Waals surface area contributed by atoms with Gasteiger partial charge in [0.05, 0.1) is 6.33 Å². The van der Waals surface area contributed by atoms with Gasteiger partial charge in [-0.2, -0.15) is 0 Å². The van der Waals surface area contributed by atoms with E-state index in [1.807, 2.05) is 4.68 Å². The second-order valence-electron chi connectivity index (χ2n) is 3.42. The molecule has 0 saturated carbocycles. The third-order valence-electron chi connectivity index (χ3n) is 2.29. The van der Waals surface area contributed by atoms with Crippen molar-refractivity contribution in [3.8, 4) is 0 Å². The highest BCUT2D eigenvalue weighted by Gasteiger charge is 2.05. The fourth-order valence-electron chi connectivity index (χ4n) is 1.48. The normalized spacial score (nSPS) is 11.0. The molecule has 80 valence electrons. The quantitative estimate of drug-likeness (QED) is 0.636. The molecule has 2 heterocycles. The highest BCUT2D eigenvalue weighted by atomic mass is 32.1. The molecule has 0 aliphatic heterocycles. The minimum Gasteiger partial charge on any atom is -0.329 e. The van der Waals surface area contributed by atoms with Crippen molar-refractivity contribution >= 4 is 23.4 Å². The molecule has 0 radical (unpaired) electrons. The topological polar surface area (TPSA) is 59.4 Å². The summed E-state index contributed by atoms with van der Waals surface area (Å²) in [7, 11) is 0. The summed E-state index contributed by atoms with van der Waals surface area (Å²) in [6.07, 6.45) is 5.10. The van der Waals surface area contributed by atoms with Crippen molar-refractivity contribution in [3.05, 3.63) is 11.0 Å². The van der Waals surface area contributed by atoms with Gasteiger partial charge < -0.3 is 4.98 Å². The average Bonchev–Trinajstić information content (AvgIpc) is 2.64. The summed E-state index contributed by atoms with van der Waals surface area (Å²) in [6, 6.07) is 0. The van der Waals surface area contributed by atoms with Crippen molar-refractivity contribution in [3.63, 3.8) is 0 Å². The zero-order valence-corrected chi connectivity index (χ0v) is 9.42. The van der Waals surface area contributed by atoms with Crippen LogP contribution in [0.5, 0.6) is 0 Å². The molecule has 6 heteroatoms. The van der Waals surface area contributed by atoms with Crippen LogP contribution in [-0.4, -0.2) is 25.0 Å². The highest BCUT2D eigenvalue weighted by Crippen LogP contribution is 2.08. The first-order chi connectivity index (χ1) is 7.33. The summed E-state index contributed by atoms with van der Waals surface area (Å²) in [4.78, 5) is 6.99. The summed E-state index contributed by atoms with van der Waals surface area (Å²) in [5, 5.41) is 8.07. The number of nitrogens with zero attached hydrogens (tertiary/aromatic N) is 4. The van der Waals surface area contributed by atoms with Crippen molar-refractivity contribution in [2.75, 3.05) is 0 Å². The molecule has 1 N–H and O–H groups in total. The summed E-state index contributed by atoms with van der Waals surface area (Å²) in [6.45, 7) is 3.05. The molecule has 0 aliphatic rings. The maximum Gasteiger partial charge on any atom is 0.166 e. The SMILES string of the molecule is CCCCCn1nnc2c(=S)nc[nH]c21. The first kappa shape index (κ1) is 10.2. The molecule has 0 saturated heterocycles. The number of aromatic amines is 1. The summed E-state index contributed by atoms with van der Waals surface area (Å²) in [5.41, 5.74) is 1.55. The lowest BCUT2D eigenvalue weighted by molar-refractivity contribution is 0.547. The van der Waals surface area contributed by atoms with Crippen LogP contribution in [0, 0.1) is 4.64 Å². The largest absolute Gasteiger partial charge is 0.329 e. The number of nitrogens with one attached hydrogen (secondary N) is 1. The number of aryl methyl sites for hydroxylation is 1. The van der Waals surface area contributed by atoms with E-state index in [1.54, 1.807) is 6.33 Å². The molecule has 5 nitrogen and oxygen atoms in total. The third-order valence-corrected chi connectivity index (χ3v) is 2.59. The second-order valence-corrected chi connectivity index (χ2v) is 3.81. The lowest BCUT2D eigenvalue weighted by Gasteiger charge is -2.00. The number of fused-ring (bicyclic) bond motifs is 1. The maximum atomic E-state index is 5.06. The van der Waals surface area contributed by atoms with Gasteiger partial charge in [0.15, 0.2) is 15.8 Å². The minimum atomic E-state index is 0.505. The molecule has 0 bridgehead atoms. The van der Waals surface area contributed by atoms with E-state index in [9.17, 15) is 0 Å². The Labute approximate surface area is 92.5 Å². The Morgan fingerprint density at radius 2 is 2.33 bits per heavy atom. The van der Waals surface area contributed by atoms with Crippen LogP contribution >= 0.6 is 12.2 Å². The smallest absolute Gasteiger partial charge is 0.166 e. The van der Waals surface area contributed by atoms with Crippen LogP contribution in [0.4, 0.5) is 0 Å². The zero-order valence-electron chi connectivity index (χ0n) is 8.60. The fraction of sp³-hybridized carbons (Fsp3) is 0.556. The van der Waals surface area contributed by atoms with Gasteiger partial charge >= 0.3 is 0 Å². The molecule has 0 spiro atoms. The van der Waals surface area contributed by atoms with E-state index >= 15 is 0 Å². The number of H-pyrrole nitrogens is 1. The Kier molecular flexibility index (Phi) is 3.05. The van der Waals surface area contributed by atoms with Crippen LogP contribution in [0.1, 0.15) is 26.2 Å². The van der Waals surface area contributed by atoms with Crippen molar-refractivity contribution in [1.82, 2.24) is 25.0 Å². The zero-order chi connectivity index (χ0) is 10.7. The number of hydrogen-bond acceptors (Lipinski definition) is 4. The standard InChI is InChI=1S/C9H13N5S/c1-2-3-4-5-14-8-7(12-13-14)9(15)11-6-10-8/h6H,2-5H2,1H3,(H,10,11,15). The predicted molar refractivity (Wildman–Crippen MR) is 60.0 cm³/mol. The van der Waals surface area contributed by atoms with E-state index in [2.05, 4.69) is 27.2 Å². The van der Waals surface area contributed by atoms with Gasteiger partial charge in [-0.3, -0.25) is 0 Å². The van der Waals surface area contributed by atoms with Gasteiger partial charge in [-0.1, -0.05) is 37.2 Å². The van der Waals surface area contributed by atoms with Crippen LogP contribution in [0.3, 0.4) is 0 Å². The van der Waals surface area contributed by atoms with Gasteiger partial charge in [0.2, 0.25) is 0 Å². The Balaban J connectivity index is 2.29. The lowest BCUT2D eigenvalue weighted by Crippen LogP contribution is -2.01. The van der Waals surface area contributed by atoms with Gasteiger partial charge in [-0.25, -0.2) is 9.67 Å². The van der Waals surface area contributed by atoms with Crippen LogP contribution in [0.25, 0.3) is 11.2 Å². The van der Waals surface area contributed by atoms with Crippen LogP contribution in [0.15, 0.2) is 6.33 Å². The highest BCUT2D eigenvalue weighted by molar-refractivity contribution is 7.71. The van der Waals surface area contributed by atoms with Crippen molar-refractivity contribution < 1.29 is 0 Å². The molecular formula is C9H13N5S. The van der Waals surface area contributed by atoms with E-state index in [1.165, 1.54) is 12.8 Å².